The van der Waals surface area contributed by atoms with Crippen molar-refractivity contribution in [2.45, 2.75) is 32.1 Å². The molecule has 4 rings (SSSR count). The van der Waals surface area contributed by atoms with E-state index in [1.54, 1.807) is 6.20 Å². The van der Waals surface area contributed by atoms with Crippen molar-refractivity contribution < 1.29 is 14.3 Å². The van der Waals surface area contributed by atoms with E-state index >= 15 is 0 Å². The van der Waals surface area contributed by atoms with E-state index in [9.17, 15) is 4.79 Å². The van der Waals surface area contributed by atoms with Crippen molar-refractivity contribution in [3.8, 4) is 17.0 Å². The topological polar surface area (TPSA) is 86.5 Å². The number of carbonyl (C=O) groups is 1. The average Bonchev–Trinajstić information content (AvgIpc) is 3.17. The summed E-state index contributed by atoms with van der Waals surface area (Å²) >= 11 is 0. The molecule has 0 unspecified atom stereocenters. The molecule has 1 saturated heterocycles. The highest BCUT2D eigenvalue weighted by molar-refractivity contribution is 5.95. The van der Waals surface area contributed by atoms with Crippen LogP contribution in [0.3, 0.4) is 0 Å². The minimum atomic E-state index is -0.540. The molecule has 1 aliphatic heterocycles. The quantitative estimate of drug-likeness (QED) is 0.846. The molecule has 1 fully saturated rings. The number of nitrogens with two attached hydrogens (primary N) is 1. The van der Waals surface area contributed by atoms with Gasteiger partial charge in [0.2, 0.25) is 5.88 Å². The van der Waals surface area contributed by atoms with Gasteiger partial charge in [-0.2, -0.15) is 0 Å². The van der Waals surface area contributed by atoms with Gasteiger partial charge in [-0.05, 0) is 60.8 Å². The summed E-state index contributed by atoms with van der Waals surface area (Å²) in [6.07, 6.45) is 6.89. The fourth-order valence-corrected chi connectivity index (χ4v) is 3.95. The number of aromatic nitrogens is 1. The number of rotatable bonds is 5. The molecule has 1 aliphatic carbocycles. The van der Waals surface area contributed by atoms with E-state index in [-0.39, 0.29) is 0 Å². The van der Waals surface area contributed by atoms with Crippen LogP contribution in [-0.2, 0) is 17.6 Å². The lowest BCUT2D eigenvalue weighted by Gasteiger charge is -2.22. The normalized spacial score (nSPS) is 16.7. The van der Waals surface area contributed by atoms with Gasteiger partial charge in [0.05, 0.1) is 12.3 Å². The highest BCUT2D eigenvalue weighted by Gasteiger charge is 2.20. The third-order valence-corrected chi connectivity index (χ3v) is 5.38. The molecular weight excluding hydrogens is 342 g/mol. The Hall–Kier alpha value is -2.60. The number of ether oxygens (including phenoxy) is 2. The van der Waals surface area contributed by atoms with Gasteiger partial charge >= 0.3 is 6.03 Å². The van der Waals surface area contributed by atoms with E-state index in [0.29, 0.717) is 18.4 Å². The fourth-order valence-electron chi connectivity index (χ4n) is 3.95. The predicted molar refractivity (Wildman–Crippen MR) is 104 cm³/mol. The predicted octanol–water partition coefficient (Wildman–Crippen LogP) is 3.53. The van der Waals surface area contributed by atoms with Gasteiger partial charge in [0, 0.05) is 31.0 Å². The molecule has 2 aromatic rings. The standard InChI is InChI=1S/C21H25N3O3/c22-21(25)24-20-17-3-1-2-15(17)4-5-18(20)16-6-9-23-19(12-16)27-13-14-7-10-26-11-8-14/h4-6,9,12,14H,1-3,7-8,10-11,13H2,(H3,22,24,25). The molecule has 27 heavy (non-hydrogen) atoms. The number of carbonyl (C=O) groups excluding carboxylic acids is 1. The molecule has 2 heterocycles. The van der Waals surface area contributed by atoms with Crippen LogP contribution >= 0.6 is 0 Å². The van der Waals surface area contributed by atoms with Crippen molar-refractivity contribution in [2.24, 2.45) is 11.7 Å². The second kappa shape index (κ2) is 7.96. The van der Waals surface area contributed by atoms with E-state index < -0.39 is 6.03 Å². The Balaban J connectivity index is 1.59. The lowest BCUT2D eigenvalue weighted by Crippen LogP contribution is -2.21. The molecule has 6 heteroatoms. The maximum Gasteiger partial charge on any atom is 0.316 e. The molecule has 2 aliphatic rings. The highest BCUT2D eigenvalue weighted by atomic mass is 16.5. The van der Waals surface area contributed by atoms with Crippen molar-refractivity contribution >= 4 is 11.7 Å². The zero-order valence-electron chi connectivity index (χ0n) is 15.4. The summed E-state index contributed by atoms with van der Waals surface area (Å²) in [5, 5.41) is 2.84. The number of hydrogen-bond donors (Lipinski definition) is 2. The Morgan fingerprint density at radius 1 is 1.26 bits per heavy atom. The Kier molecular flexibility index (Phi) is 5.25. The first-order chi connectivity index (χ1) is 13.2. The summed E-state index contributed by atoms with van der Waals surface area (Å²) in [6.45, 7) is 2.26. The monoisotopic (exact) mass is 367 g/mol. The van der Waals surface area contributed by atoms with E-state index in [0.717, 1.165) is 62.1 Å². The number of hydrogen-bond acceptors (Lipinski definition) is 4. The third kappa shape index (κ3) is 4.06. The summed E-state index contributed by atoms with van der Waals surface area (Å²) in [6, 6.07) is 7.52. The Morgan fingerprint density at radius 2 is 2.11 bits per heavy atom. The number of aryl methyl sites for hydroxylation is 1. The number of urea groups is 1. The molecule has 142 valence electrons. The van der Waals surface area contributed by atoms with Gasteiger partial charge in [-0.25, -0.2) is 9.78 Å². The molecule has 0 spiro atoms. The molecule has 2 amide bonds. The SMILES string of the molecule is NC(=O)Nc1c(-c2ccnc(OCC3CCOCC3)c2)ccc2c1CCC2. The van der Waals surface area contributed by atoms with Gasteiger partial charge in [0.15, 0.2) is 0 Å². The summed E-state index contributed by atoms with van der Waals surface area (Å²) < 4.78 is 11.3. The molecule has 0 saturated carbocycles. The van der Waals surface area contributed by atoms with Gasteiger partial charge in [-0.15, -0.1) is 0 Å². The smallest absolute Gasteiger partial charge is 0.316 e. The number of amides is 2. The zero-order chi connectivity index (χ0) is 18.6. The molecule has 0 atom stereocenters. The minimum absolute atomic E-state index is 0.510. The molecule has 1 aromatic heterocycles. The molecule has 0 radical (unpaired) electrons. The second-order valence-electron chi connectivity index (χ2n) is 7.22. The van der Waals surface area contributed by atoms with Crippen LogP contribution in [0.1, 0.15) is 30.4 Å². The van der Waals surface area contributed by atoms with Crippen LogP contribution in [0.25, 0.3) is 11.1 Å². The van der Waals surface area contributed by atoms with Crippen LogP contribution in [0.2, 0.25) is 0 Å². The maximum atomic E-state index is 11.6. The minimum Gasteiger partial charge on any atom is -0.477 e. The van der Waals surface area contributed by atoms with Gasteiger partial charge in [-0.3, -0.25) is 0 Å². The summed E-state index contributed by atoms with van der Waals surface area (Å²) in [5.74, 6) is 1.11. The number of primary amides is 1. The van der Waals surface area contributed by atoms with Crippen LogP contribution in [0.4, 0.5) is 10.5 Å². The lowest BCUT2D eigenvalue weighted by atomic mass is 9.98. The van der Waals surface area contributed by atoms with Crippen LogP contribution in [-0.4, -0.2) is 30.8 Å². The van der Waals surface area contributed by atoms with Crippen molar-refractivity contribution in [1.29, 1.82) is 0 Å². The summed E-state index contributed by atoms with van der Waals surface area (Å²) in [7, 11) is 0. The Morgan fingerprint density at radius 3 is 2.93 bits per heavy atom. The molecule has 0 bridgehead atoms. The van der Waals surface area contributed by atoms with Crippen molar-refractivity contribution in [1.82, 2.24) is 4.98 Å². The van der Waals surface area contributed by atoms with Gasteiger partial charge in [-0.1, -0.05) is 12.1 Å². The maximum absolute atomic E-state index is 11.6. The Bertz CT molecular complexity index is 831. The number of fused-ring (bicyclic) bond motifs is 1. The average molecular weight is 367 g/mol. The largest absolute Gasteiger partial charge is 0.477 e. The van der Waals surface area contributed by atoms with Crippen LogP contribution in [0, 0.1) is 5.92 Å². The number of pyridine rings is 1. The molecular formula is C21H25N3O3. The highest BCUT2D eigenvalue weighted by Crippen LogP contribution is 2.38. The fraction of sp³-hybridized carbons (Fsp3) is 0.429. The van der Waals surface area contributed by atoms with Crippen molar-refractivity contribution in [2.75, 3.05) is 25.1 Å². The number of benzene rings is 1. The first kappa shape index (κ1) is 17.8. The molecule has 3 N–H and O–H groups in total. The number of nitrogens with zero attached hydrogens (tertiary/aromatic N) is 1. The number of nitrogens with one attached hydrogen (secondary N) is 1. The zero-order valence-corrected chi connectivity index (χ0v) is 15.4. The second-order valence-corrected chi connectivity index (χ2v) is 7.22. The van der Waals surface area contributed by atoms with Gasteiger partial charge in [0.1, 0.15) is 0 Å². The Labute approximate surface area is 159 Å². The summed E-state index contributed by atoms with van der Waals surface area (Å²) in [4.78, 5) is 15.9. The van der Waals surface area contributed by atoms with Crippen LogP contribution < -0.4 is 15.8 Å². The first-order valence-corrected chi connectivity index (χ1v) is 9.59. The third-order valence-electron chi connectivity index (χ3n) is 5.38. The van der Waals surface area contributed by atoms with Crippen LogP contribution in [0.5, 0.6) is 5.88 Å². The van der Waals surface area contributed by atoms with E-state index in [1.165, 1.54) is 11.1 Å². The van der Waals surface area contributed by atoms with E-state index in [1.807, 2.05) is 18.2 Å². The van der Waals surface area contributed by atoms with Crippen molar-refractivity contribution in [3.05, 3.63) is 41.6 Å². The lowest BCUT2D eigenvalue weighted by molar-refractivity contribution is 0.0490. The first-order valence-electron chi connectivity index (χ1n) is 9.59. The van der Waals surface area contributed by atoms with Gasteiger partial charge < -0.3 is 20.5 Å². The number of anilines is 1. The van der Waals surface area contributed by atoms with Gasteiger partial charge in [0.25, 0.3) is 0 Å². The summed E-state index contributed by atoms with van der Waals surface area (Å²) in [5.41, 5.74) is 10.6. The molecule has 1 aromatic carbocycles. The van der Waals surface area contributed by atoms with Crippen LogP contribution in [0.15, 0.2) is 30.5 Å². The van der Waals surface area contributed by atoms with Crippen molar-refractivity contribution in [3.63, 3.8) is 0 Å². The van der Waals surface area contributed by atoms with E-state index in [4.69, 9.17) is 15.2 Å². The van der Waals surface area contributed by atoms with E-state index in [2.05, 4.69) is 16.4 Å². The molecule has 6 nitrogen and oxygen atoms in total.